The lowest BCUT2D eigenvalue weighted by Gasteiger charge is -2.03. The lowest BCUT2D eigenvalue weighted by molar-refractivity contribution is -0.123. The van der Waals surface area contributed by atoms with Gasteiger partial charge in [0.1, 0.15) is 5.75 Å². The molecular formula is C7H8ClN3O2. The maximum Gasteiger partial charge on any atom is 0.271 e. The quantitative estimate of drug-likeness (QED) is 0.413. The summed E-state index contributed by atoms with van der Waals surface area (Å²) in [7, 11) is 0. The van der Waals surface area contributed by atoms with Crippen LogP contribution in [0.15, 0.2) is 18.5 Å². The Balaban J connectivity index is 2.50. The van der Waals surface area contributed by atoms with Gasteiger partial charge in [-0.05, 0) is 0 Å². The molecule has 13 heavy (non-hydrogen) atoms. The molecule has 0 aliphatic carbocycles. The number of amides is 1. The Labute approximate surface area is 79.8 Å². The van der Waals surface area contributed by atoms with Gasteiger partial charge in [-0.25, -0.2) is 5.84 Å². The van der Waals surface area contributed by atoms with Gasteiger partial charge < -0.3 is 4.74 Å². The van der Waals surface area contributed by atoms with Crippen LogP contribution in [0.3, 0.4) is 0 Å². The molecule has 6 heteroatoms. The summed E-state index contributed by atoms with van der Waals surface area (Å²) >= 11 is 5.63. The van der Waals surface area contributed by atoms with Crippen molar-refractivity contribution < 1.29 is 9.53 Å². The van der Waals surface area contributed by atoms with Gasteiger partial charge in [-0.2, -0.15) is 0 Å². The summed E-state index contributed by atoms with van der Waals surface area (Å²) in [6.07, 6.45) is 2.92. The van der Waals surface area contributed by atoms with Gasteiger partial charge in [-0.3, -0.25) is 15.2 Å². The summed E-state index contributed by atoms with van der Waals surface area (Å²) < 4.78 is 5.00. The number of hydrogen-bond donors (Lipinski definition) is 2. The highest BCUT2D eigenvalue weighted by atomic mass is 35.5. The monoisotopic (exact) mass is 201 g/mol. The summed E-state index contributed by atoms with van der Waals surface area (Å²) in [5.41, 5.74) is 1.93. The number of hydrazine groups is 1. The number of nitrogens with one attached hydrogen (secondary N) is 1. The Morgan fingerprint density at radius 1 is 1.69 bits per heavy atom. The Bertz CT molecular complexity index is 306. The van der Waals surface area contributed by atoms with E-state index in [1.165, 1.54) is 12.4 Å². The second kappa shape index (κ2) is 4.64. The lowest BCUT2D eigenvalue weighted by atomic mass is 10.4. The third-order valence-electron chi connectivity index (χ3n) is 1.21. The van der Waals surface area contributed by atoms with Gasteiger partial charge in [0.25, 0.3) is 5.91 Å². The Kier molecular flexibility index (Phi) is 3.48. The molecule has 3 N–H and O–H groups in total. The van der Waals surface area contributed by atoms with Crippen LogP contribution >= 0.6 is 11.6 Å². The first-order valence-corrected chi connectivity index (χ1v) is 3.83. The van der Waals surface area contributed by atoms with E-state index in [-0.39, 0.29) is 6.61 Å². The van der Waals surface area contributed by atoms with Gasteiger partial charge >= 0.3 is 0 Å². The summed E-state index contributed by atoms with van der Waals surface area (Å²) in [6.45, 7) is -0.154. The van der Waals surface area contributed by atoms with Crippen molar-refractivity contribution in [3.63, 3.8) is 0 Å². The highest BCUT2D eigenvalue weighted by Crippen LogP contribution is 2.14. The molecular weight excluding hydrogens is 194 g/mol. The van der Waals surface area contributed by atoms with Gasteiger partial charge in [0.05, 0.1) is 11.2 Å². The van der Waals surface area contributed by atoms with Crippen molar-refractivity contribution in [1.29, 1.82) is 0 Å². The largest absolute Gasteiger partial charge is 0.482 e. The fraction of sp³-hybridized carbons (Fsp3) is 0.143. The van der Waals surface area contributed by atoms with E-state index in [1.807, 2.05) is 5.43 Å². The van der Waals surface area contributed by atoms with E-state index < -0.39 is 5.91 Å². The average molecular weight is 202 g/mol. The molecule has 0 aliphatic heterocycles. The minimum atomic E-state index is -0.417. The summed E-state index contributed by atoms with van der Waals surface area (Å²) in [4.78, 5) is 14.4. The van der Waals surface area contributed by atoms with E-state index in [9.17, 15) is 4.79 Å². The lowest BCUT2D eigenvalue weighted by Crippen LogP contribution is -2.34. The molecule has 0 aromatic carbocycles. The predicted molar refractivity (Wildman–Crippen MR) is 47.1 cm³/mol. The van der Waals surface area contributed by atoms with E-state index in [0.717, 1.165) is 0 Å². The van der Waals surface area contributed by atoms with Crippen molar-refractivity contribution in [2.45, 2.75) is 0 Å². The molecule has 5 nitrogen and oxygen atoms in total. The molecule has 0 aliphatic rings. The SMILES string of the molecule is NNC(=O)COc1cncc(Cl)c1. The molecule has 0 fully saturated rings. The zero-order chi connectivity index (χ0) is 9.68. The van der Waals surface area contributed by atoms with E-state index in [0.29, 0.717) is 10.8 Å². The number of carbonyl (C=O) groups is 1. The zero-order valence-electron chi connectivity index (χ0n) is 6.66. The fourth-order valence-electron chi connectivity index (χ4n) is 0.662. The van der Waals surface area contributed by atoms with Gasteiger partial charge in [-0.15, -0.1) is 0 Å². The maximum absolute atomic E-state index is 10.7. The van der Waals surface area contributed by atoms with Gasteiger partial charge in [0, 0.05) is 12.3 Å². The van der Waals surface area contributed by atoms with Crippen LogP contribution in [0.2, 0.25) is 5.02 Å². The molecule has 0 atom stereocenters. The van der Waals surface area contributed by atoms with Crippen LogP contribution in [0.25, 0.3) is 0 Å². The number of nitrogens with zero attached hydrogens (tertiary/aromatic N) is 1. The molecule has 0 radical (unpaired) electrons. The van der Waals surface area contributed by atoms with Crippen molar-refractivity contribution in [3.05, 3.63) is 23.5 Å². The van der Waals surface area contributed by atoms with E-state index >= 15 is 0 Å². The fourth-order valence-corrected chi connectivity index (χ4v) is 0.826. The van der Waals surface area contributed by atoms with Crippen molar-refractivity contribution in [2.24, 2.45) is 5.84 Å². The van der Waals surface area contributed by atoms with Crippen LogP contribution in [-0.4, -0.2) is 17.5 Å². The Morgan fingerprint density at radius 3 is 3.08 bits per heavy atom. The number of pyridine rings is 1. The van der Waals surface area contributed by atoms with Gasteiger partial charge in [0.15, 0.2) is 6.61 Å². The van der Waals surface area contributed by atoms with Gasteiger partial charge in [0.2, 0.25) is 0 Å². The van der Waals surface area contributed by atoms with Crippen molar-refractivity contribution in [2.75, 3.05) is 6.61 Å². The van der Waals surface area contributed by atoms with Crippen molar-refractivity contribution >= 4 is 17.5 Å². The molecule has 1 heterocycles. The third kappa shape index (κ3) is 3.27. The highest BCUT2D eigenvalue weighted by Gasteiger charge is 2.00. The summed E-state index contributed by atoms with van der Waals surface area (Å²) in [5.74, 6) is 4.86. The molecule has 1 aromatic rings. The number of ether oxygens (including phenoxy) is 1. The van der Waals surface area contributed by atoms with Crippen molar-refractivity contribution in [3.8, 4) is 5.75 Å². The number of carbonyl (C=O) groups excluding carboxylic acids is 1. The first-order valence-electron chi connectivity index (χ1n) is 3.45. The number of hydrogen-bond acceptors (Lipinski definition) is 4. The van der Waals surface area contributed by atoms with Crippen LogP contribution in [0, 0.1) is 0 Å². The Hall–Kier alpha value is -1.33. The predicted octanol–water partition coefficient (Wildman–Crippen LogP) is 0.104. The van der Waals surface area contributed by atoms with Crippen LogP contribution < -0.4 is 16.0 Å². The number of halogens is 1. The average Bonchev–Trinajstić information content (AvgIpc) is 2.14. The molecule has 70 valence electrons. The minimum absolute atomic E-state index is 0.154. The highest BCUT2D eigenvalue weighted by molar-refractivity contribution is 6.30. The number of aromatic nitrogens is 1. The van der Waals surface area contributed by atoms with Crippen LogP contribution in [0.1, 0.15) is 0 Å². The Morgan fingerprint density at radius 2 is 2.46 bits per heavy atom. The summed E-state index contributed by atoms with van der Waals surface area (Å²) in [5, 5.41) is 0.450. The molecule has 0 unspecified atom stereocenters. The molecule has 0 spiro atoms. The maximum atomic E-state index is 10.7. The first kappa shape index (κ1) is 9.76. The molecule has 1 amide bonds. The summed E-state index contributed by atoms with van der Waals surface area (Å²) in [6, 6.07) is 1.55. The third-order valence-corrected chi connectivity index (χ3v) is 1.42. The smallest absolute Gasteiger partial charge is 0.271 e. The molecule has 0 saturated heterocycles. The molecule has 1 aromatic heterocycles. The topological polar surface area (TPSA) is 77.2 Å². The van der Waals surface area contributed by atoms with E-state index in [4.69, 9.17) is 22.2 Å². The number of rotatable bonds is 3. The second-order valence-corrected chi connectivity index (χ2v) is 2.63. The minimum Gasteiger partial charge on any atom is -0.482 e. The molecule has 1 rings (SSSR count). The first-order chi connectivity index (χ1) is 6.22. The van der Waals surface area contributed by atoms with Crippen LogP contribution in [0.4, 0.5) is 0 Å². The van der Waals surface area contributed by atoms with Crippen molar-refractivity contribution in [1.82, 2.24) is 10.4 Å². The molecule has 0 bridgehead atoms. The normalized spacial score (nSPS) is 9.38. The van der Waals surface area contributed by atoms with Crippen LogP contribution in [-0.2, 0) is 4.79 Å². The second-order valence-electron chi connectivity index (χ2n) is 2.20. The van der Waals surface area contributed by atoms with Gasteiger partial charge in [-0.1, -0.05) is 11.6 Å². The zero-order valence-corrected chi connectivity index (χ0v) is 7.41. The molecule has 0 saturated carbocycles. The van der Waals surface area contributed by atoms with E-state index in [1.54, 1.807) is 6.07 Å². The van der Waals surface area contributed by atoms with Crippen LogP contribution in [0.5, 0.6) is 5.75 Å². The number of nitrogens with two attached hydrogens (primary N) is 1. The standard InChI is InChI=1S/C7H8ClN3O2/c8-5-1-6(3-10-2-5)13-4-7(12)11-9/h1-3H,4,9H2,(H,11,12). The van der Waals surface area contributed by atoms with E-state index in [2.05, 4.69) is 4.98 Å².